The summed E-state index contributed by atoms with van der Waals surface area (Å²) in [5, 5.41) is 0. The normalized spacial score (nSPS) is 24.5. The quantitative estimate of drug-likeness (QED) is 0.794. The van der Waals surface area contributed by atoms with Gasteiger partial charge >= 0.3 is 0 Å². The number of ether oxygens (including phenoxy) is 1. The third-order valence-corrected chi connectivity index (χ3v) is 3.88. The van der Waals surface area contributed by atoms with Crippen molar-refractivity contribution in [3.8, 4) is 0 Å². The molecular weight excluding hydrogens is 224 g/mol. The van der Waals surface area contributed by atoms with Gasteiger partial charge in [0.15, 0.2) is 0 Å². The summed E-state index contributed by atoms with van der Waals surface area (Å²) in [6.07, 6.45) is 3.50. The van der Waals surface area contributed by atoms with E-state index in [1.54, 1.807) is 0 Å². The Balaban J connectivity index is 2.66. The van der Waals surface area contributed by atoms with Crippen molar-refractivity contribution in [2.75, 3.05) is 26.2 Å². The van der Waals surface area contributed by atoms with E-state index >= 15 is 0 Å². The fraction of sp³-hybridized carbons (Fsp3) is 1.00. The van der Waals surface area contributed by atoms with Crippen LogP contribution in [0.3, 0.4) is 0 Å². The first-order chi connectivity index (χ1) is 8.29. The molecule has 0 aromatic heterocycles. The highest BCUT2D eigenvalue weighted by Crippen LogP contribution is 2.29. The Bertz CT molecular complexity index is 251. The summed E-state index contributed by atoms with van der Waals surface area (Å²) < 4.78 is 5.83. The number of rotatable bonds is 6. The minimum absolute atomic E-state index is 0.0295. The van der Waals surface area contributed by atoms with Crippen LogP contribution in [0.15, 0.2) is 0 Å². The third-order valence-electron chi connectivity index (χ3n) is 3.88. The number of hydrogen-bond acceptors (Lipinski definition) is 3. The van der Waals surface area contributed by atoms with Crippen molar-refractivity contribution in [1.29, 1.82) is 0 Å². The van der Waals surface area contributed by atoms with Crippen molar-refractivity contribution < 1.29 is 4.74 Å². The average molecular weight is 256 g/mol. The smallest absolute Gasteiger partial charge is 0.0641 e. The second kappa shape index (κ2) is 6.36. The fourth-order valence-electron chi connectivity index (χ4n) is 2.80. The van der Waals surface area contributed by atoms with Gasteiger partial charge in [-0.05, 0) is 51.6 Å². The molecule has 3 heteroatoms. The van der Waals surface area contributed by atoms with Gasteiger partial charge in [-0.1, -0.05) is 20.8 Å². The Morgan fingerprint density at radius 2 is 2.06 bits per heavy atom. The van der Waals surface area contributed by atoms with Crippen LogP contribution >= 0.6 is 0 Å². The van der Waals surface area contributed by atoms with Crippen molar-refractivity contribution in [2.45, 2.75) is 65.5 Å². The maximum Gasteiger partial charge on any atom is 0.0641 e. The zero-order valence-corrected chi connectivity index (χ0v) is 13.0. The Hall–Kier alpha value is -0.120. The van der Waals surface area contributed by atoms with Gasteiger partial charge in [0.05, 0.1) is 5.60 Å². The topological polar surface area (TPSA) is 38.5 Å². The summed E-state index contributed by atoms with van der Waals surface area (Å²) in [5.41, 5.74) is 6.12. The minimum atomic E-state index is 0.0295. The van der Waals surface area contributed by atoms with Gasteiger partial charge in [-0.2, -0.15) is 0 Å². The molecule has 0 amide bonds. The van der Waals surface area contributed by atoms with Crippen molar-refractivity contribution in [2.24, 2.45) is 11.1 Å². The van der Waals surface area contributed by atoms with Crippen molar-refractivity contribution >= 4 is 0 Å². The molecule has 1 atom stereocenters. The molecule has 0 saturated carbocycles. The summed E-state index contributed by atoms with van der Waals surface area (Å²) in [5.74, 6) is 0. The second-order valence-corrected chi connectivity index (χ2v) is 7.09. The van der Waals surface area contributed by atoms with Gasteiger partial charge in [0.25, 0.3) is 0 Å². The largest absolute Gasteiger partial charge is 0.375 e. The standard InChI is InChI=1S/C15H32N2O/c1-6-8-17(12-14(2,3)11-16)13-7-9-18-15(4,5)10-13/h13H,6-12,16H2,1-5H3. The van der Waals surface area contributed by atoms with E-state index in [2.05, 4.69) is 39.5 Å². The van der Waals surface area contributed by atoms with Gasteiger partial charge in [0, 0.05) is 19.2 Å². The molecule has 108 valence electrons. The van der Waals surface area contributed by atoms with Crippen LogP contribution in [0.2, 0.25) is 0 Å². The second-order valence-electron chi connectivity index (χ2n) is 7.09. The van der Waals surface area contributed by atoms with Crippen molar-refractivity contribution in [1.82, 2.24) is 4.90 Å². The molecule has 3 nitrogen and oxygen atoms in total. The monoisotopic (exact) mass is 256 g/mol. The molecule has 0 spiro atoms. The van der Waals surface area contributed by atoms with Crippen LogP contribution in [0.25, 0.3) is 0 Å². The first kappa shape index (κ1) is 15.9. The van der Waals surface area contributed by atoms with Crippen LogP contribution in [0.1, 0.15) is 53.9 Å². The van der Waals surface area contributed by atoms with Crippen LogP contribution in [0, 0.1) is 5.41 Å². The van der Waals surface area contributed by atoms with E-state index in [9.17, 15) is 0 Å². The SMILES string of the molecule is CCCN(CC(C)(C)CN)C1CCOC(C)(C)C1. The molecule has 1 aliphatic rings. The van der Waals surface area contributed by atoms with Crippen molar-refractivity contribution in [3.63, 3.8) is 0 Å². The molecule has 1 rings (SSSR count). The molecule has 0 aromatic carbocycles. The lowest BCUT2D eigenvalue weighted by Gasteiger charge is -2.43. The van der Waals surface area contributed by atoms with E-state index in [-0.39, 0.29) is 11.0 Å². The zero-order valence-electron chi connectivity index (χ0n) is 13.0. The molecule has 1 aliphatic heterocycles. The Morgan fingerprint density at radius 1 is 1.39 bits per heavy atom. The van der Waals surface area contributed by atoms with Gasteiger partial charge in [-0.25, -0.2) is 0 Å². The van der Waals surface area contributed by atoms with Crippen molar-refractivity contribution in [3.05, 3.63) is 0 Å². The number of hydrogen-bond donors (Lipinski definition) is 1. The number of nitrogens with zero attached hydrogens (tertiary/aromatic N) is 1. The molecule has 1 saturated heterocycles. The lowest BCUT2D eigenvalue weighted by molar-refractivity contribution is -0.0867. The molecule has 1 heterocycles. The van der Waals surface area contributed by atoms with Gasteiger partial charge in [0.1, 0.15) is 0 Å². The highest BCUT2D eigenvalue weighted by molar-refractivity contribution is 4.87. The fourth-order valence-corrected chi connectivity index (χ4v) is 2.80. The molecule has 0 aliphatic carbocycles. The average Bonchev–Trinajstić information content (AvgIpc) is 2.27. The van der Waals surface area contributed by atoms with Gasteiger partial charge in [-0.15, -0.1) is 0 Å². The van der Waals surface area contributed by atoms with E-state index in [0.29, 0.717) is 6.04 Å². The predicted octanol–water partition coefficient (Wildman–Crippen LogP) is 2.64. The summed E-state index contributed by atoms with van der Waals surface area (Å²) in [6, 6.07) is 0.652. The van der Waals surface area contributed by atoms with Crippen LogP contribution in [-0.4, -0.2) is 42.8 Å². The zero-order chi connectivity index (χ0) is 13.8. The van der Waals surface area contributed by atoms with Crippen LogP contribution in [0.4, 0.5) is 0 Å². The first-order valence-corrected chi connectivity index (χ1v) is 7.38. The molecule has 18 heavy (non-hydrogen) atoms. The molecule has 1 fully saturated rings. The minimum Gasteiger partial charge on any atom is -0.375 e. The van der Waals surface area contributed by atoms with E-state index in [4.69, 9.17) is 10.5 Å². The van der Waals surface area contributed by atoms with E-state index < -0.39 is 0 Å². The predicted molar refractivity (Wildman–Crippen MR) is 77.8 cm³/mol. The van der Waals surface area contributed by atoms with Crippen LogP contribution < -0.4 is 5.73 Å². The summed E-state index contributed by atoms with van der Waals surface area (Å²) in [6.45, 7) is 15.1. The molecule has 1 unspecified atom stereocenters. The van der Waals surface area contributed by atoms with Crippen LogP contribution in [-0.2, 0) is 4.74 Å². The first-order valence-electron chi connectivity index (χ1n) is 7.38. The van der Waals surface area contributed by atoms with E-state index in [1.807, 2.05) is 0 Å². The highest BCUT2D eigenvalue weighted by Gasteiger charge is 2.33. The van der Waals surface area contributed by atoms with E-state index in [1.165, 1.54) is 13.0 Å². The van der Waals surface area contributed by atoms with Gasteiger partial charge in [0.2, 0.25) is 0 Å². The molecule has 0 radical (unpaired) electrons. The number of nitrogens with two attached hydrogens (primary N) is 1. The van der Waals surface area contributed by atoms with Gasteiger partial charge < -0.3 is 10.5 Å². The Kier molecular flexibility index (Phi) is 5.63. The summed E-state index contributed by atoms with van der Waals surface area (Å²) in [4.78, 5) is 2.64. The van der Waals surface area contributed by atoms with Crippen LogP contribution in [0.5, 0.6) is 0 Å². The molecular formula is C15H32N2O. The molecule has 0 bridgehead atoms. The summed E-state index contributed by atoms with van der Waals surface area (Å²) in [7, 11) is 0. The lowest BCUT2D eigenvalue weighted by atomic mass is 9.88. The molecule has 2 N–H and O–H groups in total. The molecule has 0 aromatic rings. The highest BCUT2D eigenvalue weighted by atomic mass is 16.5. The third kappa shape index (κ3) is 4.87. The Morgan fingerprint density at radius 3 is 2.56 bits per heavy atom. The lowest BCUT2D eigenvalue weighted by Crippen LogP contribution is -2.50. The maximum absolute atomic E-state index is 5.88. The Labute approximate surface area is 113 Å². The van der Waals surface area contributed by atoms with E-state index in [0.717, 1.165) is 32.5 Å². The maximum atomic E-state index is 5.88. The van der Waals surface area contributed by atoms with Gasteiger partial charge in [-0.3, -0.25) is 4.90 Å². The summed E-state index contributed by atoms with van der Waals surface area (Å²) >= 11 is 0.